The second-order valence-corrected chi connectivity index (χ2v) is 7.27. The van der Waals surface area contributed by atoms with Crippen molar-refractivity contribution in [2.24, 2.45) is 5.92 Å². The van der Waals surface area contributed by atoms with Gasteiger partial charge in [0.05, 0.1) is 0 Å². The van der Waals surface area contributed by atoms with E-state index in [1.807, 2.05) is 49.4 Å². The molecule has 0 radical (unpaired) electrons. The van der Waals surface area contributed by atoms with Gasteiger partial charge in [-0.3, -0.25) is 9.59 Å². The van der Waals surface area contributed by atoms with Crippen LogP contribution in [0.15, 0.2) is 42.5 Å². The number of hydrogen-bond donors (Lipinski definition) is 2. The highest BCUT2D eigenvalue weighted by molar-refractivity contribution is 5.97. The molecule has 5 nitrogen and oxygen atoms in total. The summed E-state index contributed by atoms with van der Waals surface area (Å²) in [5.41, 5.74) is 3.32. The summed E-state index contributed by atoms with van der Waals surface area (Å²) in [5.74, 6) is 0.998. The molecule has 0 spiro atoms. The Balaban J connectivity index is 1.62. The maximum absolute atomic E-state index is 12.3. The molecule has 5 heteroatoms. The van der Waals surface area contributed by atoms with E-state index in [1.165, 1.54) is 0 Å². The number of anilines is 2. The lowest BCUT2D eigenvalue weighted by molar-refractivity contribution is -0.118. The molecule has 2 aromatic carbocycles. The molecule has 1 fully saturated rings. The first-order chi connectivity index (χ1) is 13.0. The van der Waals surface area contributed by atoms with Gasteiger partial charge < -0.3 is 15.4 Å². The van der Waals surface area contributed by atoms with E-state index in [9.17, 15) is 9.59 Å². The minimum atomic E-state index is -0.234. The van der Waals surface area contributed by atoms with Crippen molar-refractivity contribution < 1.29 is 14.3 Å². The number of amides is 2. The van der Waals surface area contributed by atoms with Gasteiger partial charge in [0.1, 0.15) is 5.75 Å². The van der Waals surface area contributed by atoms with Crippen LogP contribution in [0.5, 0.6) is 5.75 Å². The number of nitrogens with one attached hydrogen (secondary N) is 2. The Morgan fingerprint density at radius 1 is 1.04 bits per heavy atom. The average molecular weight is 366 g/mol. The fourth-order valence-electron chi connectivity index (χ4n) is 2.91. The van der Waals surface area contributed by atoms with Crippen LogP contribution < -0.4 is 15.4 Å². The van der Waals surface area contributed by atoms with Crippen LogP contribution in [0.4, 0.5) is 11.4 Å². The molecule has 0 aliphatic heterocycles. The molecule has 0 bridgehead atoms. The van der Waals surface area contributed by atoms with Gasteiger partial charge >= 0.3 is 0 Å². The normalized spacial score (nSPS) is 13.3. The molecule has 2 N–H and O–H groups in total. The molecule has 2 amide bonds. The fourth-order valence-corrected chi connectivity index (χ4v) is 2.91. The summed E-state index contributed by atoms with van der Waals surface area (Å²) in [6.07, 6.45) is 1.91. The highest BCUT2D eigenvalue weighted by Crippen LogP contribution is 2.32. The van der Waals surface area contributed by atoms with Crippen LogP contribution in [0.3, 0.4) is 0 Å². The SMILES string of the molecule is Cc1c(NC(=O)COc2ccccc2C(C)C)cccc1NC(=O)C1CC1. The quantitative estimate of drug-likeness (QED) is 0.759. The zero-order valence-corrected chi connectivity index (χ0v) is 16.0. The molecule has 1 saturated carbocycles. The third kappa shape index (κ3) is 4.88. The Hall–Kier alpha value is -2.82. The molecule has 0 heterocycles. The van der Waals surface area contributed by atoms with Crippen molar-refractivity contribution >= 4 is 23.2 Å². The van der Waals surface area contributed by atoms with Crippen LogP contribution in [-0.2, 0) is 9.59 Å². The van der Waals surface area contributed by atoms with Gasteiger partial charge in [-0.2, -0.15) is 0 Å². The number of carbonyl (C=O) groups excluding carboxylic acids is 2. The molecule has 142 valence electrons. The lowest BCUT2D eigenvalue weighted by Gasteiger charge is -2.15. The van der Waals surface area contributed by atoms with Crippen LogP contribution >= 0.6 is 0 Å². The van der Waals surface area contributed by atoms with E-state index in [0.717, 1.165) is 35.4 Å². The first-order valence-electron chi connectivity index (χ1n) is 9.37. The topological polar surface area (TPSA) is 67.4 Å². The minimum absolute atomic E-state index is 0.0511. The van der Waals surface area contributed by atoms with Gasteiger partial charge in [-0.25, -0.2) is 0 Å². The van der Waals surface area contributed by atoms with Gasteiger partial charge in [0, 0.05) is 17.3 Å². The highest BCUT2D eigenvalue weighted by Gasteiger charge is 2.29. The van der Waals surface area contributed by atoms with Crippen LogP contribution in [0.1, 0.15) is 43.7 Å². The van der Waals surface area contributed by atoms with Crippen LogP contribution in [0, 0.1) is 12.8 Å². The summed E-state index contributed by atoms with van der Waals surface area (Å²) in [4.78, 5) is 24.3. The summed E-state index contributed by atoms with van der Waals surface area (Å²) >= 11 is 0. The molecule has 1 aliphatic carbocycles. The van der Waals surface area contributed by atoms with E-state index < -0.39 is 0 Å². The lowest BCUT2D eigenvalue weighted by atomic mass is 10.0. The molecule has 0 aromatic heterocycles. The Bertz CT molecular complexity index is 841. The second-order valence-electron chi connectivity index (χ2n) is 7.27. The Morgan fingerprint density at radius 2 is 1.70 bits per heavy atom. The summed E-state index contributed by atoms with van der Waals surface area (Å²) in [6, 6.07) is 13.2. The van der Waals surface area contributed by atoms with E-state index in [-0.39, 0.29) is 24.3 Å². The number of hydrogen-bond acceptors (Lipinski definition) is 3. The molecule has 0 unspecified atom stereocenters. The number of ether oxygens (including phenoxy) is 1. The first kappa shape index (κ1) is 19.0. The van der Waals surface area contributed by atoms with Crippen LogP contribution in [0.25, 0.3) is 0 Å². The standard InChI is InChI=1S/C22H26N2O3/c1-14(2)17-7-4-5-10-20(17)27-13-21(25)23-18-8-6-9-19(15(18)3)24-22(26)16-11-12-16/h4-10,14,16H,11-13H2,1-3H3,(H,23,25)(H,24,26). The molecule has 0 atom stereocenters. The number of para-hydroxylation sites is 1. The van der Waals surface area contributed by atoms with E-state index in [4.69, 9.17) is 4.74 Å². The zero-order valence-electron chi connectivity index (χ0n) is 16.0. The lowest BCUT2D eigenvalue weighted by Crippen LogP contribution is -2.21. The largest absolute Gasteiger partial charge is 0.483 e. The van der Waals surface area contributed by atoms with Gasteiger partial charge in [0.15, 0.2) is 6.61 Å². The maximum Gasteiger partial charge on any atom is 0.262 e. The van der Waals surface area contributed by atoms with Gasteiger partial charge in [0.25, 0.3) is 5.91 Å². The molecule has 3 rings (SSSR count). The first-order valence-corrected chi connectivity index (χ1v) is 9.37. The van der Waals surface area contributed by atoms with Crippen LogP contribution in [0.2, 0.25) is 0 Å². The Kier molecular flexibility index (Phi) is 5.79. The summed E-state index contributed by atoms with van der Waals surface area (Å²) in [6.45, 7) is 6.00. The predicted octanol–water partition coefficient (Wildman–Crippen LogP) is 4.48. The van der Waals surface area contributed by atoms with Gasteiger partial charge in [-0.1, -0.05) is 38.1 Å². The Labute approximate surface area is 160 Å². The summed E-state index contributed by atoms with van der Waals surface area (Å²) in [5, 5.41) is 5.81. The molecular formula is C22H26N2O3. The van der Waals surface area contributed by atoms with Crippen LogP contribution in [-0.4, -0.2) is 18.4 Å². The third-order valence-corrected chi connectivity index (χ3v) is 4.71. The summed E-state index contributed by atoms with van der Waals surface area (Å²) in [7, 11) is 0. The van der Waals surface area contributed by atoms with Crippen molar-refractivity contribution in [1.82, 2.24) is 0 Å². The highest BCUT2D eigenvalue weighted by atomic mass is 16.5. The Morgan fingerprint density at radius 3 is 2.37 bits per heavy atom. The second kappa shape index (κ2) is 8.25. The van der Waals surface area contributed by atoms with Crippen molar-refractivity contribution in [1.29, 1.82) is 0 Å². The van der Waals surface area contributed by atoms with E-state index in [1.54, 1.807) is 0 Å². The molecule has 0 saturated heterocycles. The fraction of sp³-hybridized carbons (Fsp3) is 0.364. The smallest absolute Gasteiger partial charge is 0.262 e. The molecular weight excluding hydrogens is 340 g/mol. The summed E-state index contributed by atoms with van der Waals surface area (Å²) < 4.78 is 5.73. The van der Waals surface area contributed by atoms with Crippen molar-refractivity contribution in [2.45, 2.75) is 39.5 Å². The predicted molar refractivity (Wildman–Crippen MR) is 107 cm³/mol. The average Bonchev–Trinajstić information content (AvgIpc) is 3.48. The maximum atomic E-state index is 12.3. The molecule has 2 aromatic rings. The van der Waals surface area contributed by atoms with E-state index in [0.29, 0.717) is 11.6 Å². The van der Waals surface area contributed by atoms with E-state index >= 15 is 0 Å². The monoisotopic (exact) mass is 366 g/mol. The van der Waals surface area contributed by atoms with Gasteiger partial charge in [-0.05, 0) is 55.0 Å². The van der Waals surface area contributed by atoms with Gasteiger partial charge in [-0.15, -0.1) is 0 Å². The number of rotatable bonds is 7. The minimum Gasteiger partial charge on any atom is -0.483 e. The van der Waals surface area contributed by atoms with Crippen molar-refractivity contribution in [3.05, 3.63) is 53.6 Å². The van der Waals surface area contributed by atoms with Crippen molar-refractivity contribution in [2.75, 3.05) is 17.2 Å². The van der Waals surface area contributed by atoms with Crippen molar-refractivity contribution in [3.8, 4) is 5.75 Å². The van der Waals surface area contributed by atoms with Crippen molar-refractivity contribution in [3.63, 3.8) is 0 Å². The molecule has 27 heavy (non-hydrogen) atoms. The van der Waals surface area contributed by atoms with Gasteiger partial charge in [0.2, 0.25) is 5.91 Å². The number of benzene rings is 2. The zero-order chi connectivity index (χ0) is 19.4. The van der Waals surface area contributed by atoms with E-state index in [2.05, 4.69) is 24.5 Å². The molecule has 1 aliphatic rings. The number of carbonyl (C=O) groups is 2. The third-order valence-electron chi connectivity index (χ3n) is 4.71.